The molecule has 0 aliphatic heterocycles. The molecule has 0 saturated carbocycles. The number of para-hydroxylation sites is 1. The van der Waals surface area contributed by atoms with Crippen LogP contribution in [0.25, 0.3) is 0 Å². The van der Waals surface area contributed by atoms with Crippen molar-refractivity contribution < 1.29 is 9.53 Å². The van der Waals surface area contributed by atoms with Crippen molar-refractivity contribution >= 4 is 17.4 Å². The number of amides is 1. The number of nitrogen functional groups attached to an aromatic ring is 1. The normalized spacial score (nSPS) is 11.7. The van der Waals surface area contributed by atoms with E-state index >= 15 is 0 Å². The van der Waals surface area contributed by atoms with E-state index in [-0.39, 0.29) is 24.6 Å². The highest BCUT2D eigenvalue weighted by Gasteiger charge is 2.28. The fraction of sp³-hybridized carbons (Fsp3) is 0.261. The van der Waals surface area contributed by atoms with Crippen molar-refractivity contribution in [2.75, 3.05) is 17.2 Å². The summed E-state index contributed by atoms with van der Waals surface area (Å²) < 4.78 is 7.00. The van der Waals surface area contributed by atoms with E-state index < -0.39 is 23.3 Å². The molecular weight excluding hydrogens is 396 g/mol. The summed E-state index contributed by atoms with van der Waals surface area (Å²) in [4.78, 5) is 41.9. The van der Waals surface area contributed by atoms with Gasteiger partial charge in [-0.2, -0.15) is 0 Å². The van der Waals surface area contributed by atoms with Crippen LogP contribution in [0.3, 0.4) is 0 Å². The predicted molar refractivity (Wildman–Crippen MR) is 120 cm³/mol. The second kappa shape index (κ2) is 9.80. The predicted octanol–water partition coefficient (Wildman–Crippen LogP) is 2.38. The third-order valence-corrected chi connectivity index (χ3v) is 4.78. The number of carbonyl (C=O) groups excluding carboxylic acids is 1. The molecule has 3 N–H and O–H groups in total. The summed E-state index contributed by atoms with van der Waals surface area (Å²) in [6, 6.07) is 18.2. The van der Waals surface area contributed by atoms with Crippen LogP contribution >= 0.6 is 0 Å². The number of hydrogen-bond donors (Lipinski definition) is 2. The number of aromatic amines is 1. The van der Waals surface area contributed by atoms with E-state index in [9.17, 15) is 14.4 Å². The molecule has 0 unspecified atom stereocenters. The molecule has 3 rings (SSSR count). The Kier molecular flexibility index (Phi) is 6.92. The first-order valence-electron chi connectivity index (χ1n) is 10.1. The van der Waals surface area contributed by atoms with Crippen LogP contribution in [0.4, 0.5) is 11.5 Å². The maximum atomic E-state index is 13.2. The molecule has 0 fully saturated rings. The van der Waals surface area contributed by atoms with Gasteiger partial charge in [0, 0.05) is 6.54 Å². The van der Waals surface area contributed by atoms with Gasteiger partial charge in [0.15, 0.2) is 11.8 Å². The van der Waals surface area contributed by atoms with Gasteiger partial charge in [0.1, 0.15) is 11.6 Å². The van der Waals surface area contributed by atoms with Gasteiger partial charge in [-0.1, -0.05) is 55.5 Å². The van der Waals surface area contributed by atoms with Crippen LogP contribution in [0.1, 0.15) is 25.8 Å². The van der Waals surface area contributed by atoms with E-state index in [0.717, 1.165) is 5.56 Å². The minimum absolute atomic E-state index is 0.0501. The zero-order valence-corrected chi connectivity index (χ0v) is 17.6. The average molecular weight is 422 g/mol. The van der Waals surface area contributed by atoms with Gasteiger partial charge in [0.25, 0.3) is 11.5 Å². The summed E-state index contributed by atoms with van der Waals surface area (Å²) >= 11 is 0. The molecule has 8 heteroatoms. The van der Waals surface area contributed by atoms with E-state index in [1.807, 2.05) is 43.3 Å². The molecule has 0 aliphatic carbocycles. The summed E-state index contributed by atoms with van der Waals surface area (Å²) in [5, 5.41) is 0. The lowest BCUT2D eigenvalue weighted by molar-refractivity contribution is -0.124. The molecule has 31 heavy (non-hydrogen) atoms. The number of hydrogen-bond acceptors (Lipinski definition) is 5. The summed E-state index contributed by atoms with van der Waals surface area (Å²) in [6.45, 7) is 3.91. The van der Waals surface area contributed by atoms with Crippen molar-refractivity contribution in [3.8, 4) is 5.75 Å². The lowest BCUT2D eigenvalue weighted by atomic mass is 10.2. The summed E-state index contributed by atoms with van der Waals surface area (Å²) in [6.07, 6.45) is -0.275. The fourth-order valence-corrected chi connectivity index (χ4v) is 3.29. The number of benzene rings is 2. The summed E-state index contributed by atoms with van der Waals surface area (Å²) in [5.74, 6) is 0.0508. The average Bonchev–Trinajstić information content (AvgIpc) is 2.77. The largest absolute Gasteiger partial charge is 0.481 e. The lowest BCUT2D eigenvalue weighted by Crippen LogP contribution is -2.46. The number of ether oxygens (including phenoxy) is 1. The van der Waals surface area contributed by atoms with Gasteiger partial charge < -0.3 is 15.4 Å². The van der Waals surface area contributed by atoms with Gasteiger partial charge in [-0.25, -0.2) is 4.79 Å². The first-order valence-corrected chi connectivity index (χ1v) is 10.1. The lowest BCUT2D eigenvalue weighted by Gasteiger charge is -2.27. The van der Waals surface area contributed by atoms with E-state index in [2.05, 4.69) is 4.98 Å². The van der Waals surface area contributed by atoms with Gasteiger partial charge in [-0.05, 0) is 31.0 Å². The highest BCUT2D eigenvalue weighted by atomic mass is 16.5. The van der Waals surface area contributed by atoms with Crippen LogP contribution < -0.4 is 26.6 Å². The topological polar surface area (TPSA) is 110 Å². The number of H-pyrrole nitrogens is 1. The van der Waals surface area contributed by atoms with Crippen LogP contribution in [-0.2, 0) is 11.3 Å². The molecule has 0 saturated heterocycles. The third-order valence-electron chi connectivity index (χ3n) is 4.78. The second-order valence-corrected chi connectivity index (χ2v) is 7.13. The standard InChI is InChI=1S/C23H26N4O4/c1-3-14-26(22(29)16(2)31-18-12-8-5-9-13-18)19-20(24)27(23(30)25-21(19)28)15-17-10-6-4-7-11-17/h4-13,16H,3,14-15,24H2,1-2H3,(H,25,28,30)/t16-/m0/s1. The Balaban J connectivity index is 1.98. The molecule has 3 aromatic rings. The maximum Gasteiger partial charge on any atom is 0.330 e. The molecule has 0 aliphatic rings. The van der Waals surface area contributed by atoms with Crippen molar-refractivity contribution in [1.29, 1.82) is 0 Å². The van der Waals surface area contributed by atoms with Crippen LogP contribution in [0.2, 0.25) is 0 Å². The van der Waals surface area contributed by atoms with Gasteiger partial charge >= 0.3 is 5.69 Å². The van der Waals surface area contributed by atoms with Crippen LogP contribution in [0, 0.1) is 0 Å². The molecule has 8 nitrogen and oxygen atoms in total. The third kappa shape index (κ3) is 5.03. The van der Waals surface area contributed by atoms with Crippen molar-refractivity contribution in [2.45, 2.75) is 32.9 Å². The van der Waals surface area contributed by atoms with E-state index in [0.29, 0.717) is 12.2 Å². The Morgan fingerprint density at radius 2 is 1.71 bits per heavy atom. The van der Waals surface area contributed by atoms with E-state index in [1.165, 1.54) is 9.47 Å². The quantitative estimate of drug-likeness (QED) is 0.579. The Morgan fingerprint density at radius 3 is 2.32 bits per heavy atom. The Bertz CT molecular complexity index is 1140. The molecular formula is C23H26N4O4. The van der Waals surface area contributed by atoms with Gasteiger partial charge in [0.05, 0.1) is 6.54 Å². The number of carbonyl (C=O) groups is 1. The van der Waals surface area contributed by atoms with Crippen molar-refractivity contribution in [1.82, 2.24) is 9.55 Å². The minimum Gasteiger partial charge on any atom is -0.481 e. The Labute approximate surface area is 179 Å². The maximum absolute atomic E-state index is 13.2. The Hall–Kier alpha value is -3.81. The molecule has 1 aromatic heterocycles. The van der Waals surface area contributed by atoms with Crippen molar-refractivity contribution in [2.24, 2.45) is 0 Å². The van der Waals surface area contributed by atoms with Crippen LogP contribution in [-0.4, -0.2) is 28.1 Å². The van der Waals surface area contributed by atoms with E-state index in [1.54, 1.807) is 31.2 Å². The minimum atomic E-state index is -0.859. The number of nitrogens with one attached hydrogen (secondary N) is 1. The van der Waals surface area contributed by atoms with Crippen molar-refractivity contribution in [3.63, 3.8) is 0 Å². The van der Waals surface area contributed by atoms with Crippen molar-refractivity contribution in [3.05, 3.63) is 87.1 Å². The van der Waals surface area contributed by atoms with Gasteiger partial charge in [0.2, 0.25) is 0 Å². The zero-order valence-electron chi connectivity index (χ0n) is 17.6. The van der Waals surface area contributed by atoms with Crippen LogP contribution in [0.15, 0.2) is 70.3 Å². The monoisotopic (exact) mass is 422 g/mol. The number of nitrogens with zero attached hydrogens (tertiary/aromatic N) is 2. The molecule has 1 heterocycles. The number of nitrogens with two attached hydrogens (primary N) is 1. The molecule has 1 amide bonds. The first kappa shape index (κ1) is 21.9. The molecule has 1 atom stereocenters. The molecule has 0 radical (unpaired) electrons. The molecule has 0 bridgehead atoms. The Morgan fingerprint density at radius 1 is 1.10 bits per heavy atom. The van der Waals surface area contributed by atoms with Gasteiger partial charge in [-0.3, -0.25) is 19.1 Å². The number of aromatic nitrogens is 2. The van der Waals surface area contributed by atoms with E-state index in [4.69, 9.17) is 10.5 Å². The number of anilines is 2. The SMILES string of the molecule is CCCN(C(=O)[C@H](C)Oc1ccccc1)c1c(N)n(Cc2ccccc2)c(=O)[nH]c1=O. The smallest absolute Gasteiger partial charge is 0.330 e. The zero-order chi connectivity index (χ0) is 22.4. The molecule has 0 spiro atoms. The summed E-state index contributed by atoms with van der Waals surface area (Å²) in [5.41, 5.74) is 5.71. The fourth-order valence-electron chi connectivity index (χ4n) is 3.29. The molecule has 162 valence electrons. The highest BCUT2D eigenvalue weighted by molar-refractivity contribution is 5.98. The summed E-state index contributed by atoms with van der Waals surface area (Å²) in [7, 11) is 0. The van der Waals surface area contributed by atoms with Gasteiger partial charge in [-0.15, -0.1) is 0 Å². The second-order valence-electron chi connectivity index (χ2n) is 7.13. The molecule has 2 aromatic carbocycles. The number of rotatable bonds is 8. The van der Waals surface area contributed by atoms with Crippen LogP contribution in [0.5, 0.6) is 5.75 Å². The first-order chi connectivity index (χ1) is 14.9. The highest BCUT2D eigenvalue weighted by Crippen LogP contribution is 2.20.